The van der Waals surface area contributed by atoms with Crippen LogP contribution in [0.25, 0.3) is 0 Å². The number of halogens is 1. The van der Waals surface area contributed by atoms with E-state index in [1.54, 1.807) is 20.8 Å². The minimum Gasteiger partial charge on any atom is -0.389 e. The van der Waals surface area contributed by atoms with E-state index in [-0.39, 0.29) is 0 Å². The maximum absolute atomic E-state index is 9.79. The second-order valence-electron chi connectivity index (χ2n) is 5.06. The Hall–Kier alpha value is -0.580. The Bertz CT molecular complexity index is 385. The van der Waals surface area contributed by atoms with Crippen LogP contribution in [-0.4, -0.2) is 29.4 Å². The highest BCUT2D eigenvalue weighted by atomic mass is 79.9. The van der Waals surface area contributed by atoms with Gasteiger partial charge >= 0.3 is 0 Å². The number of benzene rings is 1. The minimum absolute atomic E-state index is 0.472. The first kappa shape index (κ1) is 14.5. The van der Waals surface area contributed by atoms with Gasteiger partial charge < -0.3 is 15.1 Å². The van der Waals surface area contributed by atoms with Crippen LogP contribution in [0.4, 0.5) is 5.69 Å². The summed E-state index contributed by atoms with van der Waals surface area (Å²) in [7, 11) is 1.93. The van der Waals surface area contributed by atoms with Gasteiger partial charge in [0.1, 0.15) is 0 Å². The highest BCUT2D eigenvalue weighted by Gasteiger charge is 2.17. The van der Waals surface area contributed by atoms with Gasteiger partial charge in [0.2, 0.25) is 0 Å². The molecule has 0 aliphatic carbocycles. The van der Waals surface area contributed by atoms with Crippen LogP contribution >= 0.6 is 15.9 Å². The lowest BCUT2D eigenvalue weighted by Gasteiger charge is -2.28. The van der Waals surface area contributed by atoms with Gasteiger partial charge in [0.25, 0.3) is 0 Å². The van der Waals surface area contributed by atoms with E-state index in [4.69, 9.17) is 0 Å². The van der Waals surface area contributed by atoms with Crippen LogP contribution in [-0.2, 0) is 0 Å². The molecule has 1 atom stereocenters. The fourth-order valence-electron chi connectivity index (χ4n) is 1.76. The molecule has 0 saturated carbocycles. The molecule has 0 aliphatic heterocycles. The molecule has 4 heteroatoms. The van der Waals surface area contributed by atoms with Crippen LogP contribution in [0.15, 0.2) is 22.7 Å². The molecule has 17 heavy (non-hydrogen) atoms. The van der Waals surface area contributed by atoms with Gasteiger partial charge in [-0.25, -0.2) is 0 Å². The third-order valence-electron chi connectivity index (χ3n) is 2.49. The van der Waals surface area contributed by atoms with Gasteiger partial charge in [-0.1, -0.05) is 6.07 Å². The molecule has 96 valence electrons. The molecule has 1 rings (SSSR count). The molecule has 1 aromatic carbocycles. The fourth-order valence-corrected chi connectivity index (χ4v) is 2.46. The van der Waals surface area contributed by atoms with Crippen molar-refractivity contribution < 1.29 is 10.2 Å². The van der Waals surface area contributed by atoms with Crippen LogP contribution in [0.3, 0.4) is 0 Å². The first-order valence-electron chi connectivity index (χ1n) is 5.62. The normalized spacial score (nSPS) is 13.6. The van der Waals surface area contributed by atoms with Crippen LogP contribution < -0.4 is 4.90 Å². The number of likely N-dealkylation sites (N-methyl/N-ethyl adjacent to an activating group) is 1. The molecule has 0 spiro atoms. The number of aliphatic hydroxyl groups excluding tert-OH is 1. The largest absolute Gasteiger partial charge is 0.389 e. The second kappa shape index (κ2) is 5.38. The van der Waals surface area contributed by atoms with Crippen molar-refractivity contribution in [1.82, 2.24) is 0 Å². The predicted molar refractivity (Wildman–Crippen MR) is 74.3 cm³/mol. The van der Waals surface area contributed by atoms with Crippen LogP contribution in [0.1, 0.15) is 32.4 Å². The average molecular weight is 302 g/mol. The maximum atomic E-state index is 9.79. The number of hydrogen-bond donors (Lipinski definition) is 2. The predicted octanol–water partition coefficient (Wildman–Crippen LogP) is 2.71. The second-order valence-corrected chi connectivity index (χ2v) is 5.91. The third kappa shape index (κ3) is 4.30. The third-order valence-corrected chi connectivity index (χ3v) is 3.12. The van der Waals surface area contributed by atoms with E-state index in [0.717, 1.165) is 15.7 Å². The summed E-state index contributed by atoms with van der Waals surface area (Å²) < 4.78 is 0.919. The first-order valence-corrected chi connectivity index (χ1v) is 6.41. The molecule has 2 N–H and O–H groups in total. The van der Waals surface area contributed by atoms with Crippen molar-refractivity contribution >= 4 is 21.6 Å². The van der Waals surface area contributed by atoms with Crippen molar-refractivity contribution in [3.63, 3.8) is 0 Å². The Labute approximate surface area is 111 Å². The molecular formula is C13H20BrNO2. The molecule has 3 nitrogen and oxygen atoms in total. The van der Waals surface area contributed by atoms with E-state index < -0.39 is 11.7 Å². The molecule has 1 aromatic rings. The average Bonchev–Trinajstić information content (AvgIpc) is 2.14. The topological polar surface area (TPSA) is 43.7 Å². The Morgan fingerprint density at radius 3 is 2.41 bits per heavy atom. The number of anilines is 1. The van der Waals surface area contributed by atoms with E-state index in [2.05, 4.69) is 15.9 Å². The minimum atomic E-state index is -0.739. The number of rotatable bonds is 4. The summed E-state index contributed by atoms with van der Waals surface area (Å²) in [5, 5.41) is 19.3. The van der Waals surface area contributed by atoms with Crippen molar-refractivity contribution in [3.8, 4) is 0 Å². The number of nitrogens with zero attached hydrogens (tertiary/aromatic N) is 1. The molecule has 0 saturated heterocycles. The molecule has 0 radical (unpaired) electrons. The highest BCUT2D eigenvalue weighted by molar-refractivity contribution is 9.10. The number of hydrogen-bond acceptors (Lipinski definition) is 3. The van der Waals surface area contributed by atoms with Gasteiger partial charge in [-0.15, -0.1) is 0 Å². The Morgan fingerprint density at radius 2 is 2.00 bits per heavy atom. The summed E-state index contributed by atoms with van der Waals surface area (Å²) in [4.78, 5) is 1.98. The summed E-state index contributed by atoms with van der Waals surface area (Å²) in [5.41, 5.74) is 1.13. The van der Waals surface area contributed by atoms with Crippen LogP contribution in [0.2, 0.25) is 0 Å². The van der Waals surface area contributed by atoms with Crippen molar-refractivity contribution in [3.05, 3.63) is 28.2 Å². The molecular weight excluding hydrogens is 282 g/mol. The zero-order valence-corrected chi connectivity index (χ0v) is 12.3. The Morgan fingerprint density at radius 1 is 1.41 bits per heavy atom. The van der Waals surface area contributed by atoms with E-state index >= 15 is 0 Å². The fraction of sp³-hybridized carbons (Fsp3) is 0.538. The molecule has 0 fully saturated rings. The molecule has 0 heterocycles. The van der Waals surface area contributed by atoms with Gasteiger partial charge in [0, 0.05) is 18.1 Å². The van der Waals surface area contributed by atoms with Gasteiger partial charge in [0.05, 0.1) is 17.4 Å². The monoisotopic (exact) mass is 301 g/mol. The van der Waals surface area contributed by atoms with Gasteiger partial charge in [0.15, 0.2) is 0 Å². The van der Waals surface area contributed by atoms with Crippen molar-refractivity contribution in [1.29, 1.82) is 0 Å². The quantitative estimate of drug-likeness (QED) is 0.899. The van der Waals surface area contributed by atoms with Gasteiger partial charge in [-0.3, -0.25) is 0 Å². The summed E-state index contributed by atoms with van der Waals surface area (Å²) in [5.74, 6) is 0. The molecule has 0 amide bonds. The van der Waals surface area contributed by atoms with Crippen molar-refractivity contribution in [2.24, 2.45) is 0 Å². The van der Waals surface area contributed by atoms with E-state index in [1.165, 1.54) is 0 Å². The molecule has 0 aliphatic rings. The maximum Gasteiger partial charge on any atom is 0.0765 e. The van der Waals surface area contributed by atoms with Gasteiger partial charge in [-0.2, -0.15) is 0 Å². The summed E-state index contributed by atoms with van der Waals surface area (Å²) in [6.45, 7) is 5.84. The molecule has 0 aromatic heterocycles. The van der Waals surface area contributed by atoms with Gasteiger partial charge in [-0.05, 0) is 54.4 Å². The van der Waals surface area contributed by atoms with E-state index in [9.17, 15) is 10.2 Å². The zero-order valence-electron chi connectivity index (χ0n) is 10.7. The van der Waals surface area contributed by atoms with Crippen molar-refractivity contribution in [2.75, 3.05) is 18.5 Å². The van der Waals surface area contributed by atoms with Crippen molar-refractivity contribution in [2.45, 2.75) is 32.5 Å². The summed E-state index contributed by atoms with van der Waals surface area (Å²) in [6.07, 6.45) is -0.472. The lowest BCUT2D eigenvalue weighted by atomic mass is 10.1. The summed E-state index contributed by atoms with van der Waals surface area (Å²) in [6, 6.07) is 5.74. The van der Waals surface area contributed by atoms with Crippen LogP contribution in [0, 0.1) is 0 Å². The Balaban J connectivity index is 2.92. The van der Waals surface area contributed by atoms with Crippen LogP contribution in [0.5, 0.6) is 0 Å². The van der Waals surface area contributed by atoms with E-state index in [0.29, 0.717) is 6.54 Å². The standard InChI is InChI=1S/C13H20BrNO2/c1-9(16)10-5-6-12(11(14)7-10)15(4)8-13(2,3)17/h5-7,9,16-17H,8H2,1-4H3. The molecule has 0 bridgehead atoms. The summed E-state index contributed by atoms with van der Waals surface area (Å²) >= 11 is 3.49. The Kier molecular flexibility index (Phi) is 4.58. The smallest absolute Gasteiger partial charge is 0.0765 e. The lowest BCUT2D eigenvalue weighted by molar-refractivity contribution is 0.0886. The SMILES string of the molecule is CC(O)c1ccc(N(C)CC(C)(C)O)c(Br)c1. The van der Waals surface area contributed by atoms with E-state index in [1.807, 2.05) is 30.1 Å². The zero-order chi connectivity index (χ0) is 13.2. The lowest BCUT2D eigenvalue weighted by Crippen LogP contribution is -2.36. The first-order chi connectivity index (χ1) is 7.70. The molecule has 1 unspecified atom stereocenters. The highest BCUT2D eigenvalue weighted by Crippen LogP contribution is 2.29. The number of aliphatic hydroxyl groups is 2.